The summed E-state index contributed by atoms with van der Waals surface area (Å²) < 4.78 is 14.9. The van der Waals surface area contributed by atoms with Gasteiger partial charge in [0, 0.05) is 28.8 Å². The smallest absolute Gasteiger partial charge is 0.196 e. The lowest BCUT2D eigenvalue weighted by molar-refractivity contribution is 0.0924. The number of benzene rings is 1. The Morgan fingerprint density at radius 1 is 1.09 bits per heavy atom. The highest BCUT2D eigenvalue weighted by molar-refractivity contribution is 7.99. The van der Waals surface area contributed by atoms with Crippen molar-refractivity contribution < 1.29 is 4.39 Å². The molecule has 3 fully saturated rings. The summed E-state index contributed by atoms with van der Waals surface area (Å²) in [5.74, 6) is 2.40. The van der Waals surface area contributed by atoms with Gasteiger partial charge in [-0.25, -0.2) is 14.4 Å². The molecule has 166 valence electrons. The third-order valence-electron chi connectivity index (χ3n) is 6.21. The molecule has 3 aromatic rings. The molecule has 32 heavy (non-hydrogen) atoms. The summed E-state index contributed by atoms with van der Waals surface area (Å²) >= 11 is 1.51. The zero-order valence-corrected chi connectivity index (χ0v) is 18.8. The fourth-order valence-electron chi connectivity index (χ4n) is 4.11. The van der Waals surface area contributed by atoms with Crippen molar-refractivity contribution in [3.8, 4) is 0 Å². The summed E-state index contributed by atoms with van der Waals surface area (Å²) in [6.07, 6.45) is 4.51. The Labute approximate surface area is 190 Å². The Hall–Kier alpha value is -2.81. The van der Waals surface area contributed by atoms with Crippen LogP contribution in [0.4, 0.5) is 27.5 Å². The topological polar surface area (TPSA) is 81.8 Å². The molecule has 0 radical (unpaired) electrons. The number of aromatic amines is 1. The highest BCUT2D eigenvalue weighted by atomic mass is 32.2. The summed E-state index contributed by atoms with van der Waals surface area (Å²) in [6, 6.07) is 12.8. The SMILES string of the molecule is Cc1cc(Nc2cc(N3CC(F)(C4CC4)C3)nc(Sc3ccc(NC4CC4)cc3)n2)[nH]n1. The molecule has 2 aliphatic carbocycles. The molecule has 3 heterocycles. The molecule has 0 spiro atoms. The van der Waals surface area contributed by atoms with Crippen molar-refractivity contribution >= 4 is 34.9 Å². The number of aromatic nitrogens is 4. The van der Waals surface area contributed by atoms with E-state index in [2.05, 4.69) is 45.1 Å². The van der Waals surface area contributed by atoms with Gasteiger partial charge in [-0.1, -0.05) is 0 Å². The zero-order valence-electron chi connectivity index (χ0n) is 17.9. The number of alkyl halides is 1. The van der Waals surface area contributed by atoms with Crippen LogP contribution in [0.15, 0.2) is 46.5 Å². The summed E-state index contributed by atoms with van der Waals surface area (Å²) in [7, 11) is 0. The normalized spacial score (nSPS) is 19.5. The van der Waals surface area contributed by atoms with E-state index in [-0.39, 0.29) is 5.92 Å². The minimum atomic E-state index is -1.06. The van der Waals surface area contributed by atoms with E-state index >= 15 is 0 Å². The number of halogens is 1. The van der Waals surface area contributed by atoms with Crippen LogP contribution in [0, 0.1) is 12.8 Å². The number of rotatable bonds is 8. The Morgan fingerprint density at radius 3 is 2.53 bits per heavy atom. The van der Waals surface area contributed by atoms with Gasteiger partial charge in [-0.05, 0) is 74.6 Å². The van der Waals surface area contributed by atoms with Crippen molar-refractivity contribution in [3.63, 3.8) is 0 Å². The van der Waals surface area contributed by atoms with Crippen molar-refractivity contribution in [3.05, 3.63) is 42.1 Å². The van der Waals surface area contributed by atoms with Crippen LogP contribution in [-0.4, -0.2) is 45.0 Å². The molecule has 1 aromatic carbocycles. The van der Waals surface area contributed by atoms with Crippen molar-refractivity contribution in [1.82, 2.24) is 20.2 Å². The van der Waals surface area contributed by atoms with Gasteiger partial charge in [0.05, 0.1) is 18.8 Å². The predicted molar refractivity (Wildman–Crippen MR) is 125 cm³/mol. The molecule has 3 aliphatic rings. The maximum Gasteiger partial charge on any atom is 0.196 e. The van der Waals surface area contributed by atoms with Gasteiger partial charge in [-0.2, -0.15) is 5.10 Å². The first-order chi connectivity index (χ1) is 15.5. The number of aryl methyl sites for hydroxylation is 1. The Morgan fingerprint density at radius 2 is 1.88 bits per heavy atom. The molecule has 6 rings (SSSR count). The van der Waals surface area contributed by atoms with Gasteiger partial charge in [-0.15, -0.1) is 0 Å². The van der Waals surface area contributed by atoms with Crippen molar-refractivity contribution in [2.75, 3.05) is 28.6 Å². The van der Waals surface area contributed by atoms with Gasteiger partial charge in [0.2, 0.25) is 0 Å². The standard InChI is InChI=1S/C23H26FN7S/c1-14-10-20(30-29-14)26-19-11-21(31-12-23(24,13-31)15-2-3-15)28-22(27-19)32-18-8-6-17(7-9-18)25-16-4-5-16/h6-11,15-16,25H,2-5,12-13H2,1H3,(H2,26,27,28,29,30). The van der Waals surface area contributed by atoms with Gasteiger partial charge in [0.25, 0.3) is 0 Å². The van der Waals surface area contributed by atoms with E-state index in [0.717, 1.165) is 40.8 Å². The lowest BCUT2D eigenvalue weighted by Gasteiger charge is -2.45. The first-order valence-electron chi connectivity index (χ1n) is 11.2. The fraction of sp³-hybridized carbons (Fsp3) is 0.435. The van der Waals surface area contributed by atoms with Crippen LogP contribution in [0.5, 0.6) is 0 Å². The van der Waals surface area contributed by atoms with Crippen LogP contribution in [-0.2, 0) is 0 Å². The number of nitrogens with zero attached hydrogens (tertiary/aromatic N) is 4. The first kappa shape index (κ1) is 19.8. The van der Waals surface area contributed by atoms with Crippen LogP contribution in [0.25, 0.3) is 0 Å². The van der Waals surface area contributed by atoms with E-state index < -0.39 is 5.67 Å². The molecule has 2 saturated carbocycles. The first-order valence-corrected chi connectivity index (χ1v) is 12.0. The van der Waals surface area contributed by atoms with Crippen molar-refractivity contribution in [2.24, 2.45) is 5.92 Å². The highest BCUT2D eigenvalue weighted by Gasteiger charge is 2.54. The molecule has 1 aliphatic heterocycles. The minimum absolute atomic E-state index is 0.225. The van der Waals surface area contributed by atoms with Crippen LogP contribution < -0.4 is 15.5 Å². The third-order valence-corrected chi connectivity index (χ3v) is 7.09. The van der Waals surface area contributed by atoms with Crippen LogP contribution in [0.3, 0.4) is 0 Å². The number of hydrogen-bond donors (Lipinski definition) is 3. The van der Waals surface area contributed by atoms with Gasteiger partial charge < -0.3 is 15.5 Å². The van der Waals surface area contributed by atoms with Crippen LogP contribution >= 0.6 is 11.8 Å². The van der Waals surface area contributed by atoms with Crippen LogP contribution in [0.2, 0.25) is 0 Å². The number of hydrogen-bond acceptors (Lipinski definition) is 7. The van der Waals surface area contributed by atoms with E-state index in [4.69, 9.17) is 9.97 Å². The summed E-state index contributed by atoms with van der Waals surface area (Å²) in [6.45, 7) is 2.74. The molecule has 7 nitrogen and oxygen atoms in total. The van der Waals surface area contributed by atoms with Crippen molar-refractivity contribution in [2.45, 2.75) is 54.4 Å². The number of nitrogens with one attached hydrogen (secondary N) is 3. The predicted octanol–water partition coefficient (Wildman–Crippen LogP) is 4.92. The lowest BCUT2D eigenvalue weighted by Crippen LogP contribution is -2.60. The molecule has 0 bridgehead atoms. The molecule has 3 N–H and O–H groups in total. The van der Waals surface area contributed by atoms with Gasteiger partial charge in [0.1, 0.15) is 23.1 Å². The quantitative estimate of drug-likeness (QED) is 0.420. The van der Waals surface area contributed by atoms with E-state index in [9.17, 15) is 4.39 Å². The maximum atomic E-state index is 14.9. The molecule has 1 saturated heterocycles. The van der Waals surface area contributed by atoms with Crippen LogP contribution in [0.1, 0.15) is 31.4 Å². The average Bonchev–Trinajstić information content (AvgIpc) is 3.67. The molecular weight excluding hydrogens is 425 g/mol. The van der Waals surface area contributed by atoms with E-state index in [1.54, 1.807) is 0 Å². The fourth-order valence-corrected chi connectivity index (χ4v) is 4.87. The van der Waals surface area contributed by atoms with Gasteiger partial charge in [-0.3, -0.25) is 5.10 Å². The average molecular weight is 452 g/mol. The second-order valence-corrected chi connectivity index (χ2v) is 10.2. The number of H-pyrrole nitrogens is 1. The summed E-state index contributed by atoms with van der Waals surface area (Å²) in [4.78, 5) is 12.5. The van der Waals surface area contributed by atoms with E-state index in [1.807, 2.05) is 24.0 Å². The summed E-state index contributed by atoms with van der Waals surface area (Å²) in [5.41, 5.74) is 0.977. The second-order valence-electron chi connectivity index (χ2n) is 9.15. The molecule has 0 unspecified atom stereocenters. The van der Waals surface area contributed by atoms with Gasteiger partial charge in [0.15, 0.2) is 5.16 Å². The lowest BCUT2D eigenvalue weighted by atomic mass is 9.91. The third kappa shape index (κ3) is 4.26. The van der Waals surface area contributed by atoms with E-state index in [0.29, 0.717) is 30.1 Å². The number of anilines is 4. The van der Waals surface area contributed by atoms with Gasteiger partial charge >= 0.3 is 0 Å². The maximum absolute atomic E-state index is 14.9. The zero-order chi connectivity index (χ0) is 21.7. The Bertz CT molecular complexity index is 1120. The monoisotopic (exact) mass is 451 g/mol. The molecule has 0 amide bonds. The van der Waals surface area contributed by atoms with E-state index in [1.165, 1.54) is 24.6 Å². The highest BCUT2D eigenvalue weighted by Crippen LogP contribution is 2.48. The Kier molecular flexibility index (Phi) is 4.74. The van der Waals surface area contributed by atoms with Crippen molar-refractivity contribution in [1.29, 1.82) is 0 Å². The second kappa shape index (κ2) is 7.65. The minimum Gasteiger partial charge on any atom is -0.382 e. The molecule has 9 heteroatoms. The largest absolute Gasteiger partial charge is 0.382 e. The summed E-state index contributed by atoms with van der Waals surface area (Å²) in [5, 5.41) is 14.5. The molecular formula is C23H26FN7S. The molecule has 0 atom stereocenters. The molecule has 2 aromatic heterocycles. The Balaban J connectivity index is 1.23.